The molecule has 0 unspecified atom stereocenters. The normalized spacial score (nSPS) is 11.2. The standard InChI is InChI=1S/C24H45NO3/c1-2-3-4-5-6-7-8-9-10-11-12-13-14-15-16-17-18-19-20-21-23(26)28-24(27)22-25/h9-10H,2-8,11-22,25H2,1H3/b10-9-. The maximum atomic E-state index is 11.3. The molecule has 4 nitrogen and oxygen atoms in total. The second kappa shape index (κ2) is 22.1. The monoisotopic (exact) mass is 395 g/mol. The Hall–Kier alpha value is -1.16. The van der Waals surface area contributed by atoms with Crippen LogP contribution in [-0.2, 0) is 14.3 Å². The zero-order valence-corrected chi connectivity index (χ0v) is 18.4. The van der Waals surface area contributed by atoms with Crippen molar-refractivity contribution < 1.29 is 14.3 Å². The van der Waals surface area contributed by atoms with Crippen LogP contribution in [0.5, 0.6) is 0 Å². The van der Waals surface area contributed by atoms with E-state index < -0.39 is 11.9 Å². The first-order valence-electron chi connectivity index (χ1n) is 11.8. The first-order valence-corrected chi connectivity index (χ1v) is 11.8. The number of nitrogens with two attached hydrogens (primary N) is 1. The Morgan fingerprint density at radius 1 is 0.643 bits per heavy atom. The predicted molar refractivity (Wildman–Crippen MR) is 118 cm³/mol. The number of allylic oxidation sites excluding steroid dienone is 2. The molecule has 0 saturated heterocycles. The van der Waals surface area contributed by atoms with Crippen LogP contribution in [0.3, 0.4) is 0 Å². The number of hydrogen-bond acceptors (Lipinski definition) is 4. The summed E-state index contributed by atoms with van der Waals surface area (Å²) in [6, 6.07) is 0. The summed E-state index contributed by atoms with van der Waals surface area (Å²) in [7, 11) is 0. The number of esters is 2. The fourth-order valence-corrected chi connectivity index (χ4v) is 3.27. The number of rotatable bonds is 20. The Bertz CT molecular complexity index is 393. The van der Waals surface area contributed by atoms with E-state index in [1.54, 1.807) is 0 Å². The molecule has 0 aliphatic carbocycles. The lowest BCUT2D eigenvalue weighted by Crippen LogP contribution is -2.20. The summed E-state index contributed by atoms with van der Waals surface area (Å²) in [5, 5.41) is 0. The van der Waals surface area contributed by atoms with Gasteiger partial charge in [0.15, 0.2) is 0 Å². The fourth-order valence-electron chi connectivity index (χ4n) is 3.27. The van der Waals surface area contributed by atoms with Gasteiger partial charge in [-0.15, -0.1) is 0 Å². The molecule has 0 fully saturated rings. The molecule has 0 aromatic rings. The predicted octanol–water partition coefficient (Wildman–Crippen LogP) is 6.61. The van der Waals surface area contributed by atoms with E-state index in [0.717, 1.165) is 19.3 Å². The molecule has 0 spiro atoms. The highest BCUT2D eigenvalue weighted by Crippen LogP contribution is 2.12. The molecule has 0 atom stereocenters. The Morgan fingerprint density at radius 2 is 1.07 bits per heavy atom. The van der Waals surface area contributed by atoms with Crippen molar-refractivity contribution in [1.82, 2.24) is 0 Å². The van der Waals surface area contributed by atoms with Gasteiger partial charge in [0.2, 0.25) is 0 Å². The lowest BCUT2D eigenvalue weighted by atomic mass is 10.1. The Morgan fingerprint density at radius 3 is 1.54 bits per heavy atom. The van der Waals surface area contributed by atoms with Crippen molar-refractivity contribution in [3.63, 3.8) is 0 Å². The van der Waals surface area contributed by atoms with Gasteiger partial charge in [0.1, 0.15) is 0 Å². The van der Waals surface area contributed by atoms with Gasteiger partial charge < -0.3 is 10.5 Å². The van der Waals surface area contributed by atoms with Gasteiger partial charge in [-0.2, -0.15) is 0 Å². The number of unbranched alkanes of at least 4 members (excludes halogenated alkanes) is 15. The average Bonchev–Trinajstić information content (AvgIpc) is 2.69. The molecule has 0 radical (unpaired) electrons. The largest absolute Gasteiger partial charge is 0.392 e. The molecule has 0 aliphatic rings. The number of ether oxygens (including phenoxy) is 1. The minimum Gasteiger partial charge on any atom is -0.392 e. The maximum absolute atomic E-state index is 11.3. The van der Waals surface area contributed by atoms with Crippen molar-refractivity contribution in [3.05, 3.63) is 12.2 Å². The van der Waals surface area contributed by atoms with E-state index >= 15 is 0 Å². The van der Waals surface area contributed by atoms with Gasteiger partial charge in [0.05, 0.1) is 6.54 Å². The lowest BCUT2D eigenvalue weighted by molar-refractivity contribution is -0.158. The molecular weight excluding hydrogens is 350 g/mol. The van der Waals surface area contributed by atoms with Gasteiger partial charge in [-0.05, 0) is 32.1 Å². The summed E-state index contributed by atoms with van der Waals surface area (Å²) < 4.78 is 4.53. The molecule has 4 heteroatoms. The molecule has 164 valence electrons. The van der Waals surface area contributed by atoms with Gasteiger partial charge in [-0.1, -0.05) is 96.1 Å². The first kappa shape index (κ1) is 26.8. The first-order chi connectivity index (χ1) is 13.7. The van der Waals surface area contributed by atoms with E-state index in [9.17, 15) is 9.59 Å². The molecule has 0 aromatic heterocycles. The number of hydrogen-bond donors (Lipinski definition) is 1. The van der Waals surface area contributed by atoms with Gasteiger partial charge in [0, 0.05) is 6.42 Å². The SMILES string of the molecule is CCCCCCCC/C=C\CCCCCCCCCCCC(=O)OC(=O)CN. The topological polar surface area (TPSA) is 69.4 Å². The zero-order valence-electron chi connectivity index (χ0n) is 18.4. The summed E-state index contributed by atoms with van der Waals surface area (Å²) in [5.41, 5.74) is 5.09. The highest BCUT2D eigenvalue weighted by Gasteiger charge is 2.07. The molecule has 0 bridgehead atoms. The quantitative estimate of drug-likeness (QED) is 0.109. The third-order valence-corrected chi connectivity index (χ3v) is 5.04. The van der Waals surface area contributed by atoms with Crippen LogP contribution in [0.25, 0.3) is 0 Å². The van der Waals surface area contributed by atoms with Crippen LogP contribution < -0.4 is 5.73 Å². The third-order valence-electron chi connectivity index (χ3n) is 5.04. The highest BCUT2D eigenvalue weighted by atomic mass is 16.6. The van der Waals surface area contributed by atoms with Crippen LogP contribution in [0.2, 0.25) is 0 Å². The van der Waals surface area contributed by atoms with Gasteiger partial charge in [-0.25, -0.2) is 0 Å². The minimum absolute atomic E-state index is 0.235. The third kappa shape index (κ3) is 21.1. The maximum Gasteiger partial charge on any atom is 0.327 e. The van der Waals surface area contributed by atoms with E-state index in [0.29, 0.717) is 6.42 Å². The molecule has 0 aromatic carbocycles. The van der Waals surface area contributed by atoms with Crippen molar-refractivity contribution in [2.45, 2.75) is 122 Å². The van der Waals surface area contributed by atoms with Gasteiger partial charge in [-0.3, -0.25) is 9.59 Å². The Kier molecular flexibility index (Phi) is 21.2. The summed E-state index contributed by atoms with van der Waals surface area (Å²) in [6.45, 7) is 2.03. The van der Waals surface area contributed by atoms with Crippen molar-refractivity contribution in [1.29, 1.82) is 0 Å². The van der Waals surface area contributed by atoms with E-state index in [4.69, 9.17) is 5.73 Å². The second-order valence-electron chi connectivity index (χ2n) is 7.80. The van der Waals surface area contributed by atoms with E-state index in [-0.39, 0.29) is 6.54 Å². The van der Waals surface area contributed by atoms with E-state index in [1.807, 2.05) is 0 Å². The van der Waals surface area contributed by atoms with Crippen LogP contribution in [0.15, 0.2) is 12.2 Å². The molecular formula is C24H45NO3. The van der Waals surface area contributed by atoms with Gasteiger partial charge >= 0.3 is 11.9 Å². The van der Waals surface area contributed by atoms with Crippen molar-refractivity contribution >= 4 is 11.9 Å². The minimum atomic E-state index is -0.640. The van der Waals surface area contributed by atoms with Crippen LogP contribution in [-0.4, -0.2) is 18.5 Å². The lowest BCUT2D eigenvalue weighted by Gasteiger charge is -2.03. The summed E-state index contributed by atoms with van der Waals surface area (Å²) in [5.74, 6) is -1.09. The molecule has 0 amide bonds. The average molecular weight is 396 g/mol. The van der Waals surface area contributed by atoms with Crippen LogP contribution in [0.1, 0.15) is 122 Å². The Labute approximate surface area is 173 Å². The van der Waals surface area contributed by atoms with E-state index in [2.05, 4.69) is 23.8 Å². The summed E-state index contributed by atoms with van der Waals surface area (Å²) >= 11 is 0. The highest BCUT2D eigenvalue weighted by molar-refractivity contribution is 5.86. The zero-order chi connectivity index (χ0) is 20.7. The molecule has 0 saturated carbocycles. The second-order valence-corrected chi connectivity index (χ2v) is 7.80. The molecule has 0 aliphatic heterocycles. The number of carbonyl (C=O) groups excluding carboxylic acids is 2. The number of carbonyl (C=O) groups is 2. The summed E-state index contributed by atoms with van der Waals surface area (Å²) in [6.07, 6.45) is 26.6. The smallest absolute Gasteiger partial charge is 0.327 e. The van der Waals surface area contributed by atoms with Crippen molar-refractivity contribution in [2.24, 2.45) is 5.73 Å². The molecule has 0 rings (SSSR count). The fraction of sp³-hybridized carbons (Fsp3) is 0.833. The van der Waals surface area contributed by atoms with Crippen molar-refractivity contribution in [3.8, 4) is 0 Å². The van der Waals surface area contributed by atoms with Crippen LogP contribution in [0.4, 0.5) is 0 Å². The van der Waals surface area contributed by atoms with Crippen LogP contribution >= 0.6 is 0 Å². The summed E-state index contributed by atoms with van der Waals surface area (Å²) in [4.78, 5) is 22.1. The van der Waals surface area contributed by atoms with E-state index in [1.165, 1.54) is 89.9 Å². The molecule has 28 heavy (non-hydrogen) atoms. The molecule has 2 N–H and O–H groups in total. The molecule has 0 heterocycles. The van der Waals surface area contributed by atoms with Gasteiger partial charge in [0.25, 0.3) is 0 Å². The van der Waals surface area contributed by atoms with Crippen LogP contribution in [0, 0.1) is 0 Å². The van der Waals surface area contributed by atoms with Crippen molar-refractivity contribution in [2.75, 3.05) is 6.54 Å². The Balaban J connectivity index is 3.18.